The van der Waals surface area contributed by atoms with Crippen LogP contribution in [0.25, 0.3) is 131 Å². The largest absolute Gasteiger partial charge is 0.309 e. The summed E-state index contributed by atoms with van der Waals surface area (Å²) in [5.74, 6) is 0. The monoisotopic (exact) mass is 762 g/mol. The van der Waals surface area contributed by atoms with Crippen LogP contribution in [0.4, 0.5) is 0 Å². The summed E-state index contributed by atoms with van der Waals surface area (Å²) in [5.41, 5.74) is 17.5. The third kappa shape index (κ3) is 3.50. The van der Waals surface area contributed by atoms with Crippen molar-refractivity contribution in [1.82, 2.24) is 17.9 Å². The first-order valence-electron chi connectivity index (χ1n) is 21.0. The normalized spacial score (nSPS) is 12.8. The number of aryl methyl sites for hydroxylation is 2. The van der Waals surface area contributed by atoms with Crippen molar-refractivity contribution in [2.45, 2.75) is 13.8 Å². The first kappa shape index (κ1) is 31.2. The third-order valence-corrected chi connectivity index (χ3v) is 14.0. The fraction of sp³-hybridized carbons (Fsp3) is 0.0357. The highest BCUT2D eigenvalue weighted by Gasteiger charge is 2.28. The van der Waals surface area contributed by atoms with E-state index >= 15 is 0 Å². The SMILES string of the molecule is Cc1ccccc1-n1c2ccccc2c2c3c4cc5c6c7c8ccccc8n(-c8ccccc8C)c7cc7c8ccccc8n(c5cc4n4c5ccccc5c(cc21)c34)c76. The summed E-state index contributed by atoms with van der Waals surface area (Å²) in [6.45, 7) is 4.46. The fourth-order valence-corrected chi connectivity index (χ4v) is 11.7. The van der Waals surface area contributed by atoms with E-state index in [0.29, 0.717) is 0 Å². The first-order chi connectivity index (χ1) is 29.7. The Balaban J connectivity index is 1.23. The Labute approximate surface area is 342 Å². The lowest BCUT2D eigenvalue weighted by molar-refractivity contribution is 1.15. The van der Waals surface area contributed by atoms with Crippen LogP contribution in [-0.2, 0) is 0 Å². The molecular formula is C56H34N4. The molecule has 4 heteroatoms. The Morgan fingerprint density at radius 1 is 0.267 bits per heavy atom. The molecule has 0 atom stereocenters. The Kier molecular flexibility index (Phi) is 5.52. The maximum Gasteiger partial charge on any atom is 0.0628 e. The van der Waals surface area contributed by atoms with Gasteiger partial charge in [0.1, 0.15) is 0 Å². The molecule has 0 radical (unpaired) electrons. The van der Waals surface area contributed by atoms with Gasteiger partial charge in [-0.25, -0.2) is 0 Å². The minimum absolute atomic E-state index is 1.22. The van der Waals surface area contributed by atoms with Gasteiger partial charge >= 0.3 is 0 Å². The van der Waals surface area contributed by atoms with Crippen LogP contribution in [0.5, 0.6) is 0 Å². The predicted molar refractivity (Wildman–Crippen MR) is 254 cm³/mol. The van der Waals surface area contributed by atoms with Crippen LogP contribution in [0.3, 0.4) is 0 Å². The van der Waals surface area contributed by atoms with Crippen molar-refractivity contribution in [3.8, 4) is 11.4 Å². The van der Waals surface area contributed by atoms with Gasteiger partial charge in [0.2, 0.25) is 0 Å². The first-order valence-corrected chi connectivity index (χ1v) is 21.0. The standard InChI is InChI=1S/C56H34N4/c1-31-15-3-9-21-41(31)57-45-25-13-7-19-35(45)51-49(57)28-37-33-17-5-11-23-43(33)59-47-30-48-40(27-39(47)53(51)55(37)59)54-52-36-20-8-14-26-46(36)58(42-22-10-4-16-32(42)2)50(52)29-38-34-18-6-12-24-44(34)60(48)56(38)54/h3-30H,1-2H3. The predicted octanol–water partition coefficient (Wildman–Crippen LogP) is 14.8. The maximum atomic E-state index is 2.57. The number of hydrogen-bond acceptors (Lipinski definition) is 0. The van der Waals surface area contributed by atoms with Crippen molar-refractivity contribution in [3.05, 3.63) is 181 Å². The van der Waals surface area contributed by atoms with E-state index in [1.165, 1.54) is 142 Å². The van der Waals surface area contributed by atoms with E-state index in [1.54, 1.807) is 0 Å². The van der Waals surface area contributed by atoms with E-state index in [4.69, 9.17) is 0 Å². The van der Waals surface area contributed by atoms with Crippen LogP contribution < -0.4 is 0 Å². The van der Waals surface area contributed by atoms with Gasteiger partial charge in [0.15, 0.2) is 0 Å². The number of hydrogen-bond donors (Lipinski definition) is 0. The Morgan fingerprint density at radius 2 is 0.650 bits per heavy atom. The summed E-state index contributed by atoms with van der Waals surface area (Å²) in [4.78, 5) is 0. The second kappa shape index (κ2) is 10.6. The van der Waals surface area contributed by atoms with Crippen molar-refractivity contribution in [3.63, 3.8) is 0 Å². The zero-order chi connectivity index (χ0) is 39.1. The van der Waals surface area contributed by atoms with E-state index < -0.39 is 0 Å². The fourth-order valence-electron chi connectivity index (χ4n) is 11.7. The van der Waals surface area contributed by atoms with E-state index in [0.717, 1.165) is 0 Å². The minimum Gasteiger partial charge on any atom is -0.309 e. The Morgan fingerprint density at radius 3 is 1.10 bits per heavy atom. The molecule has 9 aromatic carbocycles. The molecule has 60 heavy (non-hydrogen) atoms. The van der Waals surface area contributed by atoms with Gasteiger partial charge in [0.25, 0.3) is 0 Å². The molecule has 0 amide bonds. The molecule has 0 aliphatic heterocycles. The van der Waals surface area contributed by atoms with Gasteiger partial charge in [-0.2, -0.15) is 0 Å². The zero-order valence-corrected chi connectivity index (χ0v) is 33.0. The molecule has 0 N–H and O–H groups in total. The summed E-state index contributed by atoms with van der Waals surface area (Å²) < 4.78 is 10.2. The van der Waals surface area contributed by atoms with Crippen LogP contribution in [0.2, 0.25) is 0 Å². The van der Waals surface area contributed by atoms with E-state index in [9.17, 15) is 0 Å². The molecule has 0 spiro atoms. The molecule has 15 aromatic rings. The van der Waals surface area contributed by atoms with Crippen LogP contribution >= 0.6 is 0 Å². The number of benzene rings is 9. The lowest BCUT2D eigenvalue weighted by Gasteiger charge is -2.11. The zero-order valence-electron chi connectivity index (χ0n) is 33.0. The highest BCUT2D eigenvalue weighted by Crippen LogP contribution is 2.51. The van der Waals surface area contributed by atoms with Crippen molar-refractivity contribution in [2.75, 3.05) is 0 Å². The highest BCUT2D eigenvalue weighted by atomic mass is 15.0. The van der Waals surface area contributed by atoms with Gasteiger partial charge in [-0.05, 0) is 85.6 Å². The van der Waals surface area contributed by atoms with Gasteiger partial charge in [0, 0.05) is 76.0 Å². The van der Waals surface area contributed by atoms with Crippen molar-refractivity contribution in [2.24, 2.45) is 0 Å². The van der Waals surface area contributed by atoms with Gasteiger partial charge in [-0.3, -0.25) is 0 Å². The number of nitrogens with zero attached hydrogens (tertiary/aromatic N) is 4. The smallest absolute Gasteiger partial charge is 0.0628 e. The Hall–Kier alpha value is -7.82. The molecule has 6 aromatic heterocycles. The lowest BCUT2D eigenvalue weighted by atomic mass is 9.99. The molecule has 6 heterocycles. The summed E-state index contributed by atoms with van der Waals surface area (Å²) in [5, 5.41) is 15.6. The molecule has 0 aliphatic rings. The second-order valence-corrected chi connectivity index (χ2v) is 17.0. The number of fused-ring (bicyclic) bond motifs is 20. The number of rotatable bonds is 2. The quantitative estimate of drug-likeness (QED) is 0.167. The minimum atomic E-state index is 1.22. The molecule has 0 fully saturated rings. The van der Waals surface area contributed by atoms with Gasteiger partial charge in [-0.15, -0.1) is 0 Å². The molecule has 0 saturated carbocycles. The summed E-state index contributed by atoms with van der Waals surface area (Å²) in [7, 11) is 0. The average molecular weight is 763 g/mol. The molecule has 278 valence electrons. The van der Waals surface area contributed by atoms with Crippen LogP contribution in [0, 0.1) is 13.8 Å². The molecule has 0 saturated heterocycles. The summed E-state index contributed by atoms with van der Waals surface area (Å²) >= 11 is 0. The van der Waals surface area contributed by atoms with Gasteiger partial charge < -0.3 is 17.9 Å². The average Bonchev–Trinajstić information content (AvgIpc) is 4.11. The third-order valence-electron chi connectivity index (χ3n) is 14.0. The molecule has 0 unspecified atom stereocenters. The molecule has 4 nitrogen and oxygen atoms in total. The van der Waals surface area contributed by atoms with E-state index in [-0.39, 0.29) is 0 Å². The second-order valence-electron chi connectivity index (χ2n) is 17.0. The van der Waals surface area contributed by atoms with Gasteiger partial charge in [-0.1, -0.05) is 109 Å². The summed E-state index contributed by atoms with van der Waals surface area (Å²) in [6, 6.07) is 63.7. The highest BCUT2D eigenvalue weighted by molar-refractivity contribution is 6.40. The molecule has 0 bridgehead atoms. The topological polar surface area (TPSA) is 18.7 Å². The summed E-state index contributed by atoms with van der Waals surface area (Å²) in [6.07, 6.45) is 0. The van der Waals surface area contributed by atoms with Crippen molar-refractivity contribution >= 4 is 120 Å². The van der Waals surface area contributed by atoms with Crippen molar-refractivity contribution < 1.29 is 0 Å². The lowest BCUT2D eigenvalue weighted by Crippen LogP contribution is -1.96. The van der Waals surface area contributed by atoms with Gasteiger partial charge in [0.05, 0.1) is 55.2 Å². The Bertz CT molecular complexity index is 4100. The van der Waals surface area contributed by atoms with Crippen molar-refractivity contribution in [1.29, 1.82) is 0 Å². The molecular weight excluding hydrogens is 729 g/mol. The number of para-hydroxylation sites is 6. The van der Waals surface area contributed by atoms with E-state index in [1.807, 2.05) is 0 Å². The maximum absolute atomic E-state index is 2.57. The van der Waals surface area contributed by atoms with Crippen LogP contribution in [0.15, 0.2) is 170 Å². The molecule has 15 rings (SSSR count). The van der Waals surface area contributed by atoms with Crippen LogP contribution in [-0.4, -0.2) is 17.9 Å². The van der Waals surface area contributed by atoms with E-state index in [2.05, 4.69) is 202 Å². The van der Waals surface area contributed by atoms with Crippen LogP contribution in [0.1, 0.15) is 11.1 Å². The number of aromatic nitrogens is 4. The molecule has 0 aliphatic carbocycles.